The van der Waals surface area contributed by atoms with Gasteiger partial charge < -0.3 is 4.90 Å². The highest BCUT2D eigenvalue weighted by Gasteiger charge is 2.52. The minimum atomic E-state index is 0.418. The van der Waals surface area contributed by atoms with Crippen LogP contribution in [0.5, 0.6) is 0 Å². The molecule has 0 aromatic rings. The van der Waals surface area contributed by atoms with Gasteiger partial charge in [0.15, 0.2) is 0 Å². The van der Waals surface area contributed by atoms with Gasteiger partial charge in [-0.2, -0.15) is 0 Å². The number of alkyl halides is 1. The number of nitrogens with zero attached hydrogens (tertiary/aromatic N) is 2. The van der Waals surface area contributed by atoms with Crippen LogP contribution in [0.2, 0.25) is 0 Å². The monoisotopic (exact) mass is 228 g/mol. The minimum Gasteiger partial charge on any atom is -0.306 e. The van der Waals surface area contributed by atoms with Gasteiger partial charge in [-0.05, 0) is 51.2 Å². The van der Waals surface area contributed by atoms with Crippen molar-refractivity contribution in [2.75, 3.05) is 33.2 Å². The lowest BCUT2D eigenvalue weighted by Gasteiger charge is -2.51. The van der Waals surface area contributed by atoms with E-state index >= 15 is 0 Å². The molecule has 2 nitrogen and oxygen atoms in total. The van der Waals surface area contributed by atoms with Crippen LogP contribution in [0.15, 0.2) is 0 Å². The topological polar surface area (TPSA) is 6.48 Å². The van der Waals surface area contributed by atoms with Crippen molar-refractivity contribution < 1.29 is 0 Å². The maximum Gasteiger partial charge on any atom is 0.0475 e. The molecule has 3 heteroatoms. The summed E-state index contributed by atoms with van der Waals surface area (Å²) in [5.41, 5.74) is 0.649. The first-order valence-electron chi connectivity index (χ1n) is 6.26. The summed E-state index contributed by atoms with van der Waals surface area (Å²) >= 11 is 6.20. The smallest absolute Gasteiger partial charge is 0.0475 e. The second-order valence-corrected chi connectivity index (χ2v) is 6.40. The zero-order chi connectivity index (χ0) is 10.5. The molecule has 86 valence electrons. The van der Waals surface area contributed by atoms with Crippen LogP contribution in [-0.2, 0) is 0 Å². The predicted molar refractivity (Wildman–Crippen MR) is 63.4 cm³/mol. The lowest BCUT2D eigenvalue weighted by molar-refractivity contribution is -0.00573. The number of rotatable bonds is 1. The predicted octanol–water partition coefficient (Wildman–Crippen LogP) is 1.78. The Bertz CT molecular complexity index is 258. The molecule has 0 N–H and O–H groups in total. The Labute approximate surface area is 97.6 Å². The normalized spacial score (nSPS) is 47.6. The van der Waals surface area contributed by atoms with E-state index in [4.69, 9.17) is 11.6 Å². The van der Waals surface area contributed by atoms with Gasteiger partial charge in [0.1, 0.15) is 0 Å². The van der Waals surface area contributed by atoms with E-state index in [1.54, 1.807) is 0 Å². The molecule has 3 aliphatic rings. The van der Waals surface area contributed by atoms with E-state index in [0.717, 1.165) is 12.6 Å². The fraction of sp³-hybridized carbons (Fsp3) is 1.00. The molecule has 0 bridgehead atoms. The van der Waals surface area contributed by atoms with Crippen molar-refractivity contribution in [3.63, 3.8) is 0 Å². The summed E-state index contributed by atoms with van der Waals surface area (Å²) in [6, 6.07) is 0.853. The molecule has 0 radical (unpaired) electrons. The van der Waals surface area contributed by atoms with E-state index in [0.29, 0.717) is 10.8 Å². The number of hydrogen-bond acceptors (Lipinski definition) is 2. The van der Waals surface area contributed by atoms with Crippen molar-refractivity contribution in [3.05, 3.63) is 0 Å². The Kier molecular flexibility index (Phi) is 2.50. The third kappa shape index (κ3) is 1.62. The van der Waals surface area contributed by atoms with Crippen molar-refractivity contribution in [1.82, 2.24) is 9.80 Å². The molecule has 3 rings (SSSR count). The van der Waals surface area contributed by atoms with Crippen LogP contribution in [0.4, 0.5) is 0 Å². The molecular weight excluding hydrogens is 208 g/mol. The average molecular weight is 229 g/mol. The molecule has 15 heavy (non-hydrogen) atoms. The van der Waals surface area contributed by atoms with Gasteiger partial charge in [0.2, 0.25) is 0 Å². The van der Waals surface area contributed by atoms with Crippen LogP contribution in [0.3, 0.4) is 0 Å². The van der Waals surface area contributed by atoms with E-state index in [2.05, 4.69) is 16.8 Å². The summed E-state index contributed by atoms with van der Waals surface area (Å²) < 4.78 is 0. The number of halogens is 1. The summed E-state index contributed by atoms with van der Waals surface area (Å²) in [6.45, 7) is 5.00. The number of hydrogen-bond donors (Lipinski definition) is 0. The zero-order valence-corrected chi connectivity index (χ0v) is 10.3. The van der Waals surface area contributed by atoms with E-state index in [1.165, 1.54) is 45.3 Å². The Morgan fingerprint density at radius 1 is 1.20 bits per heavy atom. The largest absolute Gasteiger partial charge is 0.306 e. The lowest BCUT2D eigenvalue weighted by Crippen LogP contribution is -2.55. The quantitative estimate of drug-likeness (QED) is 0.632. The summed E-state index contributed by atoms with van der Waals surface area (Å²) in [7, 11) is 2.26. The third-order valence-corrected chi connectivity index (χ3v) is 5.16. The molecule has 1 spiro atoms. The Morgan fingerprint density at radius 3 is 2.53 bits per heavy atom. The standard InChI is InChI=1S/C12H21ClN2/c1-14-7-5-12(9-14)4-2-11(12)15-6-3-10(13)8-15/h10-11H,2-9H2,1H3. The summed E-state index contributed by atoms with van der Waals surface area (Å²) in [5.74, 6) is 0. The first-order chi connectivity index (χ1) is 7.20. The van der Waals surface area contributed by atoms with Crippen molar-refractivity contribution in [2.45, 2.75) is 37.1 Å². The molecule has 3 fully saturated rings. The van der Waals surface area contributed by atoms with Gasteiger partial charge in [0.25, 0.3) is 0 Å². The number of likely N-dealkylation sites (tertiary alicyclic amines) is 2. The summed E-state index contributed by atoms with van der Waals surface area (Å²) in [6.07, 6.45) is 5.48. The van der Waals surface area contributed by atoms with Gasteiger partial charge in [-0.25, -0.2) is 0 Å². The highest BCUT2D eigenvalue weighted by molar-refractivity contribution is 6.20. The summed E-state index contributed by atoms with van der Waals surface area (Å²) in [5, 5.41) is 0.418. The van der Waals surface area contributed by atoms with Crippen LogP contribution in [0, 0.1) is 5.41 Å². The third-order valence-electron chi connectivity index (χ3n) is 4.80. The molecule has 1 aliphatic carbocycles. The second-order valence-electron chi connectivity index (χ2n) is 5.79. The fourth-order valence-corrected chi connectivity index (χ4v) is 4.14. The van der Waals surface area contributed by atoms with Crippen LogP contribution < -0.4 is 0 Å². The van der Waals surface area contributed by atoms with Gasteiger partial charge in [0, 0.05) is 24.5 Å². The van der Waals surface area contributed by atoms with Crippen molar-refractivity contribution in [2.24, 2.45) is 5.41 Å². The minimum absolute atomic E-state index is 0.418. The highest BCUT2D eigenvalue weighted by atomic mass is 35.5. The van der Waals surface area contributed by atoms with E-state index in [-0.39, 0.29) is 0 Å². The van der Waals surface area contributed by atoms with Gasteiger partial charge in [-0.15, -0.1) is 11.6 Å². The SMILES string of the molecule is CN1CCC2(CCC2N2CCC(Cl)C2)C1. The molecule has 3 atom stereocenters. The van der Waals surface area contributed by atoms with Crippen LogP contribution >= 0.6 is 11.6 Å². The molecule has 1 saturated carbocycles. The van der Waals surface area contributed by atoms with Crippen molar-refractivity contribution in [1.29, 1.82) is 0 Å². The van der Waals surface area contributed by atoms with E-state index < -0.39 is 0 Å². The van der Waals surface area contributed by atoms with Gasteiger partial charge in [-0.1, -0.05) is 0 Å². The first kappa shape index (κ1) is 10.4. The Hall–Kier alpha value is 0.210. The second kappa shape index (κ2) is 3.61. The Balaban J connectivity index is 1.68. The maximum absolute atomic E-state index is 6.20. The molecule has 0 amide bonds. The molecule has 2 aliphatic heterocycles. The maximum atomic E-state index is 6.20. The Morgan fingerprint density at radius 2 is 2.07 bits per heavy atom. The fourth-order valence-electron chi connectivity index (χ4n) is 3.86. The lowest BCUT2D eigenvalue weighted by atomic mass is 9.63. The molecule has 0 aromatic heterocycles. The zero-order valence-electron chi connectivity index (χ0n) is 9.58. The first-order valence-corrected chi connectivity index (χ1v) is 6.70. The van der Waals surface area contributed by atoms with Gasteiger partial charge >= 0.3 is 0 Å². The van der Waals surface area contributed by atoms with Crippen LogP contribution in [-0.4, -0.2) is 54.4 Å². The van der Waals surface area contributed by atoms with E-state index in [9.17, 15) is 0 Å². The molecular formula is C12H21ClN2. The van der Waals surface area contributed by atoms with Gasteiger partial charge in [0.05, 0.1) is 0 Å². The molecule has 2 saturated heterocycles. The van der Waals surface area contributed by atoms with Crippen LogP contribution in [0.1, 0.15) is 25.7 Å². The molecule has 3 unspecified atom stereocenters. The highest BCUT2D eigenvalue weighted by Crippen LogP contribution is 2.51. The molecule has 0 aromatic carbocycles. The van der Waals surface area contributed by atoms with E-state index in [1.807, 2.05) is 0 Å². The molecule has 2 heterocycles. The van der Waals surface area contributed by atoms with Crippen molar-refractivity contribution in [3.8, 4) is 0 Å². The van der Waals surface area contributed by atoms with Crippen LogP contribution in [0.25, 0.3) is 0 Å². The van der Waals surface area contributed by atoms with Crippen molar-refractivity contribution >= 4 is 11.6 Å². The summed E-state index contributed by atoms with van der Waals surface area (Å²) in [4.78, 5) is 5.17. The van der Waals surface area contributed by atoms with Gasteiger partial charge in [-0.3, -0.25) is 4.90 Å². The average Bonchev–Trinajstić information content (AvgIpc) is 2.73.